The fraction of sp³-hybridized carbons (Fsp3) is 0.533. The van der Waals surface area contributed by atoms with Gasteiger partial charge in [-0.05, 0) is 13.1 Å². The number of alkyl halides is 6. The summed E-state index contributed by atoms with van der Waals surface area (Å²) in [5.41, 5.74) is 0.252. The molecule has 0 aromatic heterocycles. The van der Waals surface area contributed by atoms with E-state index < -0.39 is 19.1 Å². The molecule has 0 saturated carbocycles. The number of aliphatic imine (C=N–C) groups is 1. The molecule has 0 radical (unpaired) electrons. The fourth-order valence-corrected chi connectivity index (χ4v) is 2.02. The molecular formula is C15H21F6IN4O. The van der Waals surface area contributed by atoms with Crippen LogP contribution in [0.4, 0.5) is 26.3 Å². The van der Waals surface area contributed by atoms with Crippen molar-refractivity contribution < 1.29 is 31.1 Å². The van der Waals surface area contributed by atoms with E-state index in [4.69, 9.17) is 0 Å². The second kappa shape index (κ2) is 11.4. The third kappa shape index (κ3) is 11.8. The number of benzene rings is 1. The van der Waals surface area contributed by atoms with Crippen molar-refractivity contribution in [3.05, 3.63) is 29.8 Å². The highest BCUT2D eigenvalue weighted by Crippen LogP contribution is 2.26. The maximum atomic E-state index is 12.4. The van der Waals surface area contributed by atoms with Gasteiger partial charge in [0, 0.05) is 32.2 Å². The number of halogens is 7. The molecule has 0 aliphatic rings. The summed E-state index contributed by atoms with van der Waals surface area (Å²) in [6.45, 7) is -0.770. The second-order valence-corrected chi connectivity index (χ2v) is 5.36. The monoisotopic (exact) mass is 514 g/mol. The van der Waals surface area contributed by atoms with Crippen LogP contribution in [0.1, 0.15) is 5.56 Å². The molecule has 1 rings (SSSR count). The van der Waals surface area contributed by atoms with Crippen molar-refractivity contribution >= 4 is 29.9 Å². The molecule has 0 unspecified atom stereocenters. The Morgan fingerprint density at radius 3 is 2.30 bits per heavy atom. The molecule has 156 valence electrons. The SMILES string of the molecule is CN=C(NCCN(C)CC(F)(F)F)NCc1ccccc1OC(F)(F)F.I. The van der Waals surface area contributed by atoms with Crippen LogP contribution in [0.25, 0.3) is 0 Å². The minimum atomic E-state index is -4.81. The van der Waals surface area contributed by atoms with Crippen LogP contribution in [0.3, 0.4) is 0 Å². The van der Waals surface area contributed by atoms with Gasteiger partial charge in [-0.15, -0.1) is 37.1 Å². The Hall–Kier alpha value is -1.44. The number of nitrogens with one attached hydrogen (secondary N) is 2. The van der Waals surface area contributed by atoms with Crippen LogP contribution in [-0.2, 0) is 6.54 Å². The number of guanidine groups is 1. The molecule has 0 fully saturated rings. The molecule has 0 amide bonds. The summed E-state index contributed by atoms with van der Waals surface area (Å²) in [6.07, 6.45) is -9.09. The third-order valence-electron chi connectivity index (χ3n) is 3.10. The molecule has 0 spiro atoms. The molecule has 1 aromatic carbocycles. The Bertz CT molecular complexity index is 594. The zero-order chi connectivity index (χ0) is 19.8. The van der Waals surface area contributed by atoms with Gasteiger partial charge >= 0.3 is 12.5 Å². The highest BCUT2D eigenvalue weighted by Gasteiger charge is 2.32. The zero-order valence-corrected chi connectivity index (χ0v) is 16.9. The van der Waals surface area contributed by atoms with Gasteiger partial charge in [-0.3, -0.25) is 9.89 Å². The topological polar surface area (TPSA) is 48.9 Å². The van der Waals surface area contributed by atoms with Gasteiger partial charge in [0.25, 0.3) is 0 Å². The summed E-state index contributed by atoms with van der Waals surface area (Å²) in [6, 6.07) is 5.61. The molecule has 12 heteroatoms. The van der Waals surface area contributed by atoms with Crippen molar-refractivity contribution in [2.45, 2.75) is 19.1 Å². The predicted molar refractivity (Wildman–Crippen MR) is 100 cm³/mol. The maximum Gasteiger partial charge on any atom is 0.573 e. The van der Waals surface area contributed by atoms with Gasteiger partial charge in [0.15, 0.2) is 5.96 Å². The highest BCUT2D eigenvalue weighted by molar-refractivity contribution is 14.0. The number of likely N-dealkylation sites (N-methyl/N-ethyl adjacent to an activating group) is 1. The number of hydrogen-bond acceptors (Lipinski definition) is 3. The number of nitrogens with zero attached hydrogens (tertiary/aromatic N) is 2. The van der Waals surface area contributed by atoms with E-state index >= 15 is 0 Å². The molecule has 5 nitrogen and oxygen atoms in total. The minimum absolute atomic E-state index is 0. The van der Waals surface area contributed by atoms with Crippen molar-refractivity contribution in [1.82, 2.24) is 15.5 Å². The normalized spacial score (nSPS) is 12.6. The summed E-state index contributed by atoms with van der Waals surface area (Å²) in [4.78, 5) is 4.96. The first kappa shape index (κ1) is 25.6. The van der Waals surface area contributed by atoms with E-state index in [2.05, 4.69) is 20.4 Å². The van der Waals surface area contributed by atoms with Crippen molar-refractivity contribution in [3.63, 3.8) is 0 Å². The molecular weight excluding hydrogens is 493 g/mol. The Morgan fingerprint density at radius 1 is 1.11 bits per heavy atom. The van der Waals surface area contributed by atoms with Gasteiger partial charge < -0.3 is 15.4 Å². The third-order valence-corrected chi connectivity index (χ3v) is 3.10. The first-order valence-electron chi connectivity index (χ1n) is 7.53. The van der Waals surface area contributed by atoms with Crippen molar-refractivity contribution in [2.75, 3.05) is 33.7 Å². The summed E-state index contributed by atoms with van der Waals surface area (Å²) in [7, 11) is 2.77. The van der Waals surface area contributed by atoms with Gasteiger partial charge in [0.05, 0.1) is 6.54 Å². The maximum absolute atomic E-state index is 12.4. The Balaban J connectivity index is 0.00000676. The van der Waals surface area contributed by atoms with E-state index in [1.54, 1.807) is 6.07 Å². The quantitative estimate of drug-likeness (QED) is 0.254. The van der Waals surface area contributed by atoms with Crippen molar-refractivity contribution in [3.8, 4) is 5.75 Å². The van der Waals surface area contributed by atoms with Gasteiger partial charge in [-0.25, -0.2) is 0 Å². The first-order valence-corrected chi connectivity index (χ1v) is 7.53. The lowest BCUT2D eigenvalue weighted by Crippen LogP contribution is -2.42. The van der Waals surface area contributed by atoms with E-state index in [-0.39, 0.29) is 60.9 Å². The Kier molecular flexibility index (Phi) is 10.8. The average molecular weight is 514 g/mol. The lowest BCUT2D eigenvalue weighted by Gasteiger charge is -2.20. The van der Waals surface area contributed by atoms with Crippen molar-refractivity contribution in [1.29, 1.82) is 0 Å². The number of rotatable bonds is 7. The van der Waals surface area contributed by atoms with Crippen LogP contribution in [0.2, 0.25) is 0 Å². The van der Waals surface area contributed by atoms with Crippen LogP contribution in [0.15, 0.2) is 29.3 Å². The van der Waals surface area contributed by atoms with Crippen LogP contribution in [0.5, 0.6) is 5.75 Å². The summed E-state index contributed by atoms with van der Waals surface area (Å²) < 4.78 is 77.8. The average Bonchev–Trinajstić information content (AvgIpc) is 2.48. The predicted octanol–water partition coefficient (Wildman–Crippen LogP) is 3.36. The Morgan fingerprint density at radius 2 is 1.74 bits per heavy atom. The Labute approximate surface area is 170 Å². The summed E-state index contributed by atoms with van der Waals surface area (Å²) in [5, 5.41) is 5.58. The minimum Gasteiger partial charge on any atom is -0.405 e. The van der Waals surface area contributed by atoms with Crippen LogP contribution in [-0.4, -0.2) is 57.1 Å². The second-order valence-electron chi connectivity index (χ2n) is 5.36. The molecule has 0 atom stereocenters. The molecule has 0 heterocycles. The van der Waals surface area contributed by atoms with E-state index in [1.165, 1.54) is 32.3 Å². The molecule has 1 aromatic rings. The number of para-hydroxylation sites is 1. The van der Waals surface area contributed by atoms with Crippen LogP contribution in [0, 0.1) is 0 Å². The van der Waals surface area contributed by atoms with Crippen LogP contribution >= 0.6 is 24.0 Å². The molecule has 0 aliphatic heterocycles. The number of hydrogen-bond donors (Lipinski definition) is 2. The molecule has 2 N–H and O–H groups in total. The first-order chi connectivity index (χ1) is 12.0. The molecule has 27 heavy (non-hydrogen) atoms. The van der Waals surface area contributed by atoms with Gasteiger partial charge in [-0.2, -0.15) is 13.2 Å². The van der Waals surface area contributed by atoms with E-state index in [0.717, 1.165) is 4.90 Å². The molecule has 0 saturated heterocycles. The van der Waals surface area contributed by atoms with Crippen LogP contribution < -0.4 is 15.4 Å². The van der Waals surface area contributed by atoms with Crippen molar-refractivity contribution in [2.24, 2.45) is 4.99 Å². The molecule has 0 bridgehead atoms. The van der Waals surface area contributed by atoms with E-state index in [0.29, 0.717) is 0 Å². The van der Waals surface area contributed by atoms with E-state index in [1.807, 2.05) is 0 Å². The highest BCUT2D eigenvalue weighted by atomic mass is 127. The summed E-state index contributed by atoms with van der Waals surface area (Å²) in [5.74, 6) is -0.0971. The fourth-order valence-electron chi connectivity index (χ4n) is 2.02. The number of ether oxygens (including phenoxy) is 1. The largest absolute Gasteiger partial charge is 0.573 e. The van der Waals surface area contributed by atoms with Gasteiger partial charge in [0.1, 0.15) is 5.75 Å². The van der Waals surface area contributed by atoms with Gasteiger partial charge in [0.2, 0.25) is 0 Å². The molecule has 0 aliphatic carbocycles. The smallest absolute Gasteiger partial charge is 0.405 e. The summed E-state index contributed by atoms with van der Waals surface area (Å²) >= 11 is 0. The standard InChI is InChI=1S/C15H20F6N4O.HI/c1-22-13(23-7-8-25(2)10-14(16,17)18)24-9-11-5-3-4-6-12(11)26-15(19,20)21;/h3-6H,7-10H2,1-2H3,(H2,22,23,24);1H. The lowest BCUT2D eigenvalue weighted by atomic mass is 10.2. The lowest BCUT2D eigenvalue weighted by molar-refractivity contribution is -0.274. The van der Waals surface area contributed by atoms with E-state index in [9.17, 15) is 26.3 Å². The zero-order valence-electron chi connectivity index (χ0n) is 14.6. The van der Waals surface area contributed by atoms with Gasteiger partial charge in [-0.1, -0.05) is 18.2 Å².